The van der Waals surface area contributed by atoms with Crippen LogP contribution in [0.3, 0.4) is 0 Å². The van der Waals surface area contributed by atoms with Crippen molar-refractivity contribution in [3.8, 4) is 0 Å². The third-order valence-electron chi connectivity index (χ3n) is 4.37. The predicted octanol–water partition coefficient (Wildman–Crippen LogP) is 6.91. The molecular formula is C19H37ClO2Si3. The molecule has 0 aromatic heterocycles. The summed E-state index contributed by atoms with van der Waals surface area (Å²) >= 11 is 5.87. The molecule has 0 aliphatic rings. The first-order valence-electron chi connectivity index (χ1n) is 9.53. The molecule has 0 saturated carbocycles. The molecule has 6 heteroatoms. The number of benzene rings is 1. The highest BCUT2D eigenvalue weighted by atomic mass is 35.5. The van der Waals surface area contributed by atoms with Gasteiger partial charge in [0.2, 0.25) is 0 Å². The minimum Gasteiger partial charge on any atom is -0.437 e. The molecule has 144 valence electrons. The maximum Gasteiger partial charge on any atom is 0.311 e. The van der Waals surface area contributed by atoms with Gasteiger partial charge in [0, 0.05) is 5.88 Å². The Morgan fingerprint density at radius 2 is 1.28 bits per heavy atom. The molecule has 0 atom stereocenters. The average Bonchev–Trinajstić information content (AvgIpc) is 2.49. The van der Waals surface area contributed by atoms with E-state index >= 15 is 0 Å². The van der Waals surface area contributed by atoms with E-state index in [4.69, 9.17) is 19.8 Å². The zero-order valence-corrected chi connectivity index (χ0v) is 21.0. The summed E-state index contributed by atoms with van der Waals surface area (Å²) in [6, 6.07) is 11.0. The molecule has 0 aliphatic heterocycles. The number of unbranched alkanes of at least 4 members (excludes halogenated alkanes) is 1. The Hall–Kier alpha value is 0.0806. The number of hydrogen-bond donors (Lipinski definition) is 0. The van der Waals surface area contributed by atoms with Gasteiger partial charge in [0.1, 0.15) is 0 Å². The molecule has 1 aromatic carbocycles. The van der Waals surface area contributed by atoms with E-state index in [0.29, 0.717) is 5.88 Å². The zero-order valence-electron chi connectivity index (χ0n) is 17.2. The van der Waals surface area contributed by atoms with Crippen LogP contribution in [0.5, 0.6) is 0 Å². The second-order valence-corrected chi connectivity index (χ2v) is 21.4. The molecule has 1 aromatic rings. The lowest BCUT2D eigenvalue weighted by atomic mass is 10.1. The fourth-order valence-corrected chi connectivity index (χ4v) is 17.6. The molecule has 0 fully saturated rings. The second kappa shape index (κ2) is 9.85. The molecule has 25 heavy (non-hydrogen) atoms. The van der Waals surface area contributed by atoms with Gasteiger partial charge in [0.15, 0.2) is 16.6 Å². The Labute approximate surface area is 163 Å². The standard InChI is InChI=1S/C19H37ClO2Si3/c1-8-9-15-23(2,3)21-25(6,7)22-24(4,5)16-14-18-10-12-19(17-20)13-11-18/h10-13H,8-9,14-17H2,1-7H3. The summed E-state index contributed by atoms with van der Waals surface area (Å²) in [4.78, 5) is 0. The van der Waals surface area contributed by atoms with Gasteiger partial charge in [0.05, 0.1) is 0 Å². The molecule has 0 aliphatic carbocycles. The highest BCUT2D eigenvalue weighted by molar-refractivity contribution is 6.87. The van der Waals surface area contributed by atoms with Crippen molar-refractivity contribution in [1.82, 2.24) is 0 Å². The summed E-state index contributed by atoms with van der Waals surface area (Å²) in [7, 11) is -5.42. The van der Waals surface area contributed by atoms with Crippen molar-refractivity contribution in [3.63, 3.8) is 0 Å². The number of alkyl halides is 1. The third-order valence-corrected chi connectivity index (χ3v) is 16.0. The average molecular weight is 417 g/mol. The molecule has 0 amide bonds. The van der Waals surface area contributed by atoms with Crippen LogP contribution in [0, 0.1) is 0 Å². The maximum absolute atomic E-state index is 6.68. The van der Waals surface area contributed by atoms with Crippen molar-refractivity contribution < 1.29 is 8.23 Å². The molecule has 0 spiro atoms. The van der Waals surface area contributed by atoms with Gasteiger partial charge < -0.3 is 8.23 Å². The highest BCUT2D eigenvalue weighted by Crippen LogP contribution is 2.26. The van der Waals surface area contributed by atoms with Crippen LogP contribution in [0.25, 0.3) is 0 Å². The number of halogens is 1. The highest BCUT2D eigenvalue weighted by Gasteiger charge is 2.39. The number of aryl methyl sites for hydroxylation is 1. The van der Waals surface area contributed by atoms with E-state index in [1.165, 1.54) is 30.0 Å². The summed E-state index contributed by atoms with van der Waals surface area (Å²) in [5.41, 5.74) is 2.55. The van der Waals surface area contributed by atoms with Crippen LogP contribution < -0.4 is 0 Å². The summed E-state index contributed by atoms with van der Waals surface area (Å²) in [5, 5.41) is 0. The first-order chi connectivity index (χ1) is 11.5. The Balaban J connectivity index is 2.58. The van der Waals surface area contributed by atoms with Gasteiger partial charge in [-0.15, -0.1) is 11.6 Å². The van der Waals surface area contributed by atoms with Crippen molar-refractivity contribution in [3.05, 3.63) is 35.4 Å². The largest absolute Gasteiger partial charge is 0.437 e. The normalized spacial score (nSPS) is 13.3. The van der Waals surface area contributed by atoms with Crippen molar-refractivity contribution in [2.45, 2.75) is 83.4 Å². The van der Waals surface area contributed by atoms with Crippen LogP contribution in [0.4, 0.5) is 0 Å². The lowest BCUT2D eigenvalue weighted by Crippen LogP contribution is -2.52. The Morgan fingerprint density at radius 3 is 1.76 bits per heavy atom. The van der Waals surface area contributed by atoms with Crippen LogP contribution >= 0.6 is 11.6 Å². The van der Waals surface area contributed by atoms with E-state index in [2.05, 4.69) is 70.5 Å². The fraction of sp³-hybridized carbons (Fsp3) is 0.684. The first-order valence-corrected chi connectivity index (χ1v) is 19.1. The Morgan fingerprint density at radius 1 is 0.800 bits per heavy atom. The van der Waals surface area contributed by atoms with E-state index < -0.39 is 25.2 Å². The van der Waals surface area contributed by atoms with E-state index in [1.54, 1.807) is 0 Å². The molecule has 1 rings (SSSR count). The van der Waals surface area contributed by atoms with E-state index in [-0.39, 0.29) is 0 Å². The van der Waals surface area contributed by atoms with Crippen LogP contribution in [0.1, 0.15) is 30.9 Å². The van der Waals surface area contributed by atoms with Gasteiger partial charge in [-0.05, 0) is 68.9 Å². The number of hydrogen-bond acceptors (Lipinski definition) is 2. The lowest BCUT2D eigenvalue weighted by molar-refractivity contribution is 0.387. The van der Waals surface area contributed by atoms with Crippen LogP contribution in [-0.4, -0.2) is 25.2 Å². The monoisotopic (exact) mass is 416 g/mol. The van der Waals surface area contributed by atoms with E-state index in [0.717, 1.165) is 12.5 Å². The van der Waals surface area contributed by atoms with Gasteiger partial charge in [-0.25, -0.2) is 0 Å². The van der Waals surface area contributed by atoms with Gasteiger partial charge in [-0.1, -0.05) is 44.0 Å². The molecule has 2 nitrogen and oxygen atoms in total. The van der Waals surface area contributed by atoms with Gasteiger partial charge in [-0.3, -0.25) is 0 Å². The number of rotatable bonds is 11. The predicted molar refractivity (Wildman–Crippen MR) is 119 cm³/mol. The Kier molecular flexibility index (Phi) is 9.11. The molecular weight excluding hydrogens is 380 g/mol. The Bertz CT molecular complexity index is 516. The third kappa shape index (κ3) is 9.54. The molecule has 0 unspecified atom stereocenters. The molecule has 0 heterocycles. The fourth-order valence-electron chi connectivity index (χ4n) is 3.30. The SMILES string of the molecule is CCCC[Si](C)(C)O[Si](C)(C)O[Si](C)(C)CCc1ccc(CCl)cc1. The smallest absolute Gasteiger partial charge is 0.311 e. The maximum atomic E-state index is 6.68. The van der Waals surface area contributed by atoms with Crippen LogP contribution in [-0.2, 0) is 20.5 Å². The van der Waals surface area contributed by atoms with Crippen molar-refractivity contribution >= 4 is 36.8 Å². The van der Waals surface area contributed by atoms with Gasteiger partial charge in [-0.2, -0.15) is 0 Å². The second-order valence-electron chi connectivity index (χ2n) is 8.68. The van der Waals surface area contributed by atoms with Crippen molar-refractivity contribution in [2.24, 2.45) is 0 Å². The molecule has 0 radical (unpaired) electrons. The van der Waals surface area contributed by atoms with E-state index in [9.17, 15) is 0 Å². The van der Waals surface area contributed by atoms with Crippen molar-refractivity contribution in [2.75, 3.05) is 0 Å². The van der Waals surface area contributed by atoms with Gasteiger partial charge in [0.25, 0.3) is 0 Å². The summed E-state index contributed by atoms with van der Waals surface area (Å²) < 4.78 is 13.3. The van der Waals surface area contributed by atoms with E-state index in [1.807, 2.05) is 0 Å². The van der Waals surface area contributed by atoms with Crippen LogP contribution in [0.2, 0.25) is 51.4 Å². The molecule has 0 N–H and O–H groups in total. The summed E-state index contributed by atoms with van der Waals surface area (Å²) in [6.45, 7) is 16.1. The zero-order chi connectivity index (χ0) is 19.1. The van der Waals surface area contributed by atoms with Crippen LogP contribution in [0.15, 0.2) is 24.3 Å². The minimum atomic E-state index is -2.07. The van der Waals surface area contributed by atoms with Gasteiger partial charge >= 0.3 is 8.56 Å². The molecule has 0 saturated heterocycles. The quantitative estimate of drug-likeness (QED) is 0.288. The summed E-state index contributed by atoms with van der Waals surface area (Å²) in [5.74, 6) is 0.582. The van der Waals surface area contributed by atoms with Crippen molar-refractivity contribution in [1.29, 1.82) is 0 Å². The minimum absolute atomic E-state index is 0.582. The molecule has 0 bridgehead atoms. The topological polar surface area (TPSA) is 18.5 Å². The first kappa shape index (κ1) is 23.1. The summed E-state index contributed by atoms with van der Waals surface area (Å²) in [6.07, 6.45) is 3.58. The lowest BCUT2D eigenvalue weighted by Gasteiger charge is -2.38.